The zero-order chi connectivity index (χ0) is 23.4. The molecule has 33 heavy (non-hydrogen) atoms. The SMILES string of the molecule is CCCCOc1ccc(-c2cc3c(=O)n(CC(=O)Nc4ccc(Br)c(C)c4)ccn3n2)cc1. The Morgan fingerprint density at radius 3 is 2.64 bits per heavy atom. The smallest absolute Gasteiger partial charge is 0.277 e. The van der Waals surface area contributed by atoms with Gasteiger partial charge in [-0.25, -0.2) is 4.52 Å². The van der Waals surface area contributed by atoms with Gasteiger partial charge in [-0.05, 0) is 67.4 Å². The van der Waals surface area contributed by atoms with Gasteiger partial charge in [0.15, 0.2) is 0 Å². The largest absolute Gasteiger partial charge is 0.494 e. The molecule has 4 rings (SSSR count). The summed E-state index contributed by atoms with van der Waals surface area (Å²) < 4.78 is 9.59. The number of fused-ring (bicyclic) bond motifs is 1. The monoisotopic (exact) mass is 508 g/mol. The molecule has 0 bridgehead atoms. The van der Waals surface area contributed by atoms with Gasteiger partial charge in [0.25, 0.3) is 5.56 Å². The summed E-state index contributed by atoms with van der Waals surface area (Å²) in [5, 5.41) is 7.35. The first-order valence-electron chi connectivity index (χ1n) is 10.8. The molecule has 1 N–H and O–H groups in total. The Balaban J connectivity index is 1.50. The van der Waals surface area contributed by atoms with E-state index in [4.69, 9.17) is 4.74 Å². The van der Waals surface area contributed by atoms with Crippen molar-refractivity contribution < 1.29 is 9.53 Å². The molecule has 0 unspecified atom stereocenters. The molecule has 0 aliphatic heterocycles. The summed E-state index contributed by atoms with van der Waals surface area (Å²) in [4.78, 5) is 25.5. The fourth-order valence-electron chi connectivity index (χ4n) is 3.43. The van der Waals surface area contributed by atoms with Gasteiger partial charge in [0, 0.05) is 28.1 Å². The molecule has 7 nitrogen and oxygen atoms in total. The molecule has 2 heterocycles. The molecule has 8 heteroatoms. The Bertz CT molecular complexity index is 1340. The van der Waals surface area contributed by atoms with Crippen LogP contribution in [0.2, 0.25) is 0 Å². The highest BCUT2D eigenvalue weighted by Crippen LogP contribution is 2.22. The molecule has 2 aromatic carbocycles. The summed E-state index contributed by atoms with van der Waals surface area (Å²) in [6.07, 6.45) is 5.35. The number of nitrogens with one attached hydrogen (secondary N) is 1. The molecule has 2 aromatic heterocycles. The number of halogens is 1. The van der Waals surface area contributed by atoms with Gasteiger partial charge < -0.3 is 14.6 Å². The van der Waals surface area contributed by atoms with Crippen LogP contribution in [0.5, 0.6) is 5.75 Å². The van der Waals surface area contributed by atoms with E-state index in [0.717, 1.165) is 34.2 Å². The molecule has 0 atom stereocenters. The second kappa shape index (κ2) is 10.0. The van der Waals surface area contributed by atoms with E-state index in [1.807, 2.05) is 49.4 Å². The van der Waals surface area contributed by atoms with E-state index >= 15 is 0 Å². The van der Waals surface area contributed by atoms with Crippen LogP contribution in [0.15, 0.2) is 70.2 Å². The van der Waals surface area contributed by atoms with Gasteiger partial charge in [0.05, 0.1) is 12.3 Å². The van der Waals surface area contributed by atoms with Crippen LogP contribution >= 0.6 is 15.9 Å². The second-order valence-electron chi connectivity index (χ2n) is 7.83. The second-order valence-corrected chi connectivity index (χ2v) is 8.68. The van der Waals surface area contributed by atoms with E-state index in [1.54, 1.807) is 18.5 Å². The van der Waals surface area contributed by atoms with Gasteiger partial charge in [-0.15, -0.1) is 0 Å². The Morgan fingerprint density at radius 2 is 1.91 bits per heavy atom. The van der Waals surface area contributed by atoms with Crippen molar-refractivity contribution in [3.63, 3.8) is 0 Å². The number of hydrogen-bond donors (Lipinski definition) is 1. The molecule has 0 saturated carbocycles. The Kier molecular flexibility index (Phi) is 6.93. The van der Waals surface area contributed by atoms with E-state index in [0.29, 0.717) is 23.5 Å². The van der Waals surface area contributed by atoms with Crippen LogP contribution in [0.3, 0.4) is 0 Å². The van der Waals surface area contributed by atoms with Crippen LogP contribution in [-0.4, -0.2) is 26.7 Å². The van der Waals surface area contributed by atoms with Crippen LogP contribution in [0, 0.1) is 6.92 Å². The summed E-state index contributed by atoms with van der Waals surface area (Å²) in [7, 11) is 0. The molecular formula is C25H25BrN4O3. The maximum Gasteiger partial charge on any atom is 0.277 e. The van der Waals surface area contributed by atoms with Crippen LogP contribution < -0.4 is 15.6 Å². The first-order chi connectivity index (χ1) is 15.9. The van der Waals surface area contributed by atoms with Crippen molar-refractivity contribution in [1.29, 1.82) is 0 Å². The number of ether oxygens (including phenoxy) is 1. The summed E-state index contributed by atoms with van der Waals surface area (Å²) in [5.74, 6) is 0.534. The van der Waals surface area contributed by atoms with Crippen molar-refractivity contribution in [2.45, 2.75) is 33.2 Å². The van der Waals surface area contributed by atoms with Crippen molar-refractivity contribution in [2.24, 2.45) is 0 Å². The molecule has 0 saturated heterocycles. The van der Waals surface area contributed by atoms with Crippen molar-refractivity contribution >= 4 is 33.0 Å². The maximum atomic E-state index is 13.0. The number of aromatic nitrogens is 3. The van der Waals surface area contributed by atoms with E-state index in [1.165, 1.54) is 9.08 Å². The van der Waals surface area contributed by atoms with Gasteiger partial charge in [-0.2, -0.15) is 5.10 Å². The van der Waals surface area contributed by atoms with Gasteiger partial charge in [0.1, 0.15) is 17.8 Å². The fraction of sp³-hybridized carbons (Fsp3) is 0.240. The molecule has 1 amide bonds. The number of carbonyl (C=O) groups excluding carboxylic acids is 1. The van der Waals surface area contributed by atoms with Crippen LogP contribution in [0.1, 0.15) is 25.3 Å². The molecular weight excluding hydrogens is 484 g/mol. The van der Waals surface area contributed by atoms with Gasteiger partial charge >= 0.3 is 0 Å². The van der Waals surface area contributed by atoms with Crippen molar-refractivity contribution in [3.05, 3.63) is 81.3 Å². The quantitative estimate of drug-likeness (QED) is 0.337. The first kappa shape index (κ1) is 22.8. The van der Waals surface area contributed by atoms with Crippen molar-refractivity contribution in [3.8, 4) is 17.0 Å². The standard InChI is InChI=1S/C25H25BrN4O3/c1-3-4-13-33-20-8-5-18(6-9-20)22-15-23-25(32)29(11-12-30(23)28-22)16-24(31)27-19-7-10-21(26)17(2)14-19/h5-12,14-15H,3-4,13,16H2,1-2H3,(H,27,31). The predicted molar refractivity (Wildman–Crippen MR) is 133 cm³/mol. The third-order valence-electron chi connectivity index (χ3n) is 5.28. The number of anilines is 1. The number of hydrogen-bond acceptors (Lipinski definition) is 4. The lowest BCUT2D eigenvalue weighted by Gasteiger charge is -2.09. The average molecular weight is 509 g/mol. The van der Waals surface area contributed by atoms with Gasteiger partial charge in [-0.1, -0.05) is 29.3 Å². The maximum absolute atomic E-state index is 13.0. The van der Waals surface area contributed by atoms with Gasteiger partial charge in [0.2, 0.25) is 5.91 Å². The number of carbonyl (C=O) groups is 1. The number of unbranched alkanes of at least 4 members (excludes halogenated alkanes) is 1. The Labute approximate surface area is 200 Å². The van der Waals surface area contributed by atoms with E-state index < -0.39 is 0 Å². The van der Waals surface area contributed by atoms with Crippen LogP contribution in [0.4, 0.5) is 5.69 Å². The van der Waals surface area contributed by atoms with E-state index in [9.17, 15) is 9.59 Å². The van der Waals surface area contributed by atoms with E-state index in [-0.39, 0.29) is 18.0 Å². The van der Waals surface area contributed by atoms with E-state index in [2.05, 4.69) is 33.3 Å². The first-order valence-corrected chi connectivity index (χ1v) is 11.6. The molecule has 0 aliphatic carbocycles. The Hall–Kier alpha value is -3.39. The normalized spacial score (nSPS) is 11.0. The average Bonchev–Trinajstić information content (AvgIpc) is 3.24. The highest BCUT2D eigenvalue weighted by molar-refractivity contribution is 9.10. The Morgan fingerprint density at radius 1 is 1.12 bits per heavy atom. The minimum atomic E-state index is -0.280. The minimum Gasteiger partial charge on any atom is -0.494 e. The molecule has 4 aromatic rings. The third-order valence-corrected chi connectivity index (χ3v) is 6.17. The lowest BCUT2D eigenvalue weighted by Crippen LogP contribution is -2.28. The summed E-state index contributed by atoms with van der Waals surface area (Å²) in [5.41, 5.74) is 3.39. The van der Waals surface area contributed by atoms with Crippen molar-refractivity contribution in [2.75, 3.05) is 11.9 Å². The topological polar surface area (TPSA) is 77.6 Å². The lowest BCUT2D eigenvalue weighted by atomic mass is 10.1. The fourth-order valence-corrected chi connectivity index (χ4v) is 3.67. The van der Waals surface area contributed by atoms with Gasteiger partial charge in [-0.3, -0.25) is 9.59 Å². The predicted octanol–water partition coefficient (Wildman–Crippen LogP) is 5.05. The highest BCUT2D eigenvalue weighted by atomic mass is 79.9. The van der Waals surface area contributed by atoms with Crippen LogP contribution in [0.25, 0.3) is 16.8 Å². The minimum absolute atomic E-state index is 0.0885. The summed E-state index contributed by atoms with van der Waals surface area (Å²) in [6, 6.07) is 15.0. The third kappa shape index (κ3) is 5.34. The molecule has 170 valence electrons. The lowest BCUT2D eigenvalue weighted by molar-refractivity contribution is -0.116. The number of rotatable bonds is 8. The molecule has 0 aliphatic rings. The number of benzene rings is 2. The zero-order valence-electron chi connectivity index (χ0n) is 18.5. The number of nitrogens with zero attached hydrogens (tertiary/aromatic N) is 3. The summed E-state index contributed by atoms with van der Waals surface area (Å²) in [6.45, 7) is 4.68. The zero-order valence-corrected chi connectivity index (χ0v) is 20.1. The molecule has 0 radical (unpaired) electrons. The number of aryl methyl sites for hydroxylation is 1. The molecule has 0 fully saturated rings. The van der Waals surface area contributed by atoms with Crippen LogP contribution in [-0.2, 0) is 11.3 Å². The van der Waals surface area contributed by atoms with Crippen molar-refractivity contribution in [1.82, 2.24) is 14.2 Å². The number of amides is 1. The molecule has 0 spiro atoms. The summed E-state index contributed by atoms with van der Waals surface area (Å²) >= 11 is 3.44. The highest BCUT2D eigenvalue weighted by Gasteiger charge is 2.12.